The highest BCUT2D eigenvalue weighted by Gasteiger charge is 2.22. The molecule has 3 aromatic rings. The van der Waals surface area contributed by atoms with Gasteiger partial charge in [0.25, 0.3) is 0 Å². The molecular weight excluding hydrogens is 403 g/mol. The standard InChI is InChI=1S/C22H21FN4O2S/c23-18-8-3-1-6-15(18)13-26-22(29)27-19(21(28)25-11-5-10-24)12-16-14-30-20-9-4-2-7-17(16)20/h1-4,6-9,14,19H,5,11-13H2,(H,25,28)(H2,26,27,29). The molecule has 1 heterocycles. The summed E-state index contributed by atoms with van der Waals surface area (Å²) in [7, 11) is 0. The fourth-order valence-electron chi connectivity index (χ4n) is 3.01. The first-order valence-electron chi connectivity index (χ1n) is 9.46. The number of fused-ring (bicyclic) bond motifs is 1. The third-order valence-corrected chi connectivity index (χ3v) is 5.55. The van der Waals surface area contributed by atoms with Crippen LogP contribution in [-0.4, -0.2) is 24.5 Å². The minimum atomic E-state index is -0.831. The lowest BCUT2D eigenvalue weighted by atomic mass is 10.0. The minimum absolute atomic E-state index is 0.00264. The molecule has 2 aromatic carbocycles. The molecule has 3 rings (SSSR count). The largest absolute Gasteiger partial charge is 0.353 e. The molecule has 1 aromatic heterocycles. The smallest absolute Gasteiger partial charge is 0.315 e. The summed E-state index contributed by atoms with van der Waals surface area (Å²) in [6, 6.07) is 14.6. The van der Waals surface area contributed by atoms with Crippen LogP contribution in [0.15, 0.2) is 53.9 Å². The van der Waals surface area contributed by atoms with Crippen molar-refractivity contribution in [3.8, 4) is 6.07 Å². The van der Waals surface area contributed by atoms with E-state index in [0.717, 1.165) is 15.6 Å². The maximum Gasteiger partial charge on any atom is 0.315 e. The second-order valence-corrected chi connectivity index (χ2v) is 7.54. The number of nitrogens with one attached hydrogen (secondary N) is 3. The van der Waals surface area contributed by atoms with Crippen LogP contribution in [0.3, 0.4) is 0 Å². The van der Waals surface area contributed by atoms with Crippen molar-refractivity contribution in [2.24, 2.45) is 0 Å². The number of urea groups is 1. The van der Waals surface area contributed by atoms with Crippen LogP contribution in [0.2, 0.25) is 0 Å². The van der Waals surface area contributed by atoms with Crippen LogP contribution in [0.5, 0.6) is 0 Å². The SMILES string of the molecule is N#CCCNC(=O)C(Cc1csc2ccccc12)NC(=O)NCc1ccccc1F. The van der Waals surface area contributed by atoms with Gasteiger partial charge in [0, 0.05) is 29.8 Å². The van der Waals surface area contributed by atoms with Crippen LogP contribution in [0.1, 0.15) is 17.5 Å². The van der Waals surface area contributed by atoms with Gasteiger partial charge in [-0.2, -0.15) is 5.26 Å². The summed E-state index contributed by atoms with van der Waals surface area (Å²) in [5.74, 6) is -0.782. The number of nitrogens with zero attached hydrogens (tertiary/aromatic N) is 1. The van der Waals surface area contributed by atoms with Crippen molar-refractivity contribution in [3.05, 3.63) is 70.9 Å². The van der Waals surface area contributed by atoms with Gasteiger partial charge in [0.1, 0.15) is 11.9 Å². The van der Waals surface area contributed by atoms with E-state index in [4.69, 9.17) is 5.26 Å². The number of carbonyl (C=O) groups excluding carboxylic acids is 2. The summed E-state index contributed by atoms with van der Waals surface area (Å²) in [6.07, 6.45) is 0.481. The Kier molecular flexibility index (Phi) is 7.35. The first-order valence-corrected chi connectivity index (χ1v) is 10.3. The molecule has 3 N–H and O–H groups in total. The molecule has 1 unspecified atom stereocenters. The van der Waals surface area contributed by atoms with Gasteiger partial charge in [-0.25, -0.2) is 9.18 Å². The molecule has 6 nitrogen and oxygen atoms in total. The number of rotatable bonds is 8. The van der Waals surface area contributed by atoms with E-state index >= 15 is 0 Å². The molecule has 154 valence electrons. The molecule has 30 heavy (non-hydrogen) atoms. The van der Waals surface area contributed by atoms with E-state index in [0.29, 0.717) is 12.0 Å². The predicted octanol–water partition coefficient (Wildman–Crippen LogP) is 3.48. The summed E-state index contributed by atoms with van der Waals surface area (Å²) in [5.41, 5.74) is 1.30. The number of hydrogen-bond donors (Lipinski definition) is 3. The Hall–Kier alpha value is -3.44. The second-order valence-electron chi connectivity index (χ2n) is 6.63. The first-order chi connectivity index (χ1) is 14.6. The van der Waals surface area contributed by atoms with E-state index < -0.39 is 17.9 Å². The molecule has 0 aliphatic carbocycles. The fraction of sp³-hybridized carbons (Fsp3) is 0.227. The van der Waals surface area contributed by atoms with Crippen molar-refractivity contribution < 1.29 is 14.0 Å². The molecule has 0 fully saturated rings. The van der Waals surface area contributed by atoms with Gasteiger partial charge < -0.3 is 16.0 Å². The van der Waals surface area contributed by atoms with Gasteiger partial charge in [-0.15, -0.1) is 11.3 Å². The molecule has 0 aliphatic heterocycles. The molecule has 0 spiro atoms. The van der Waals surface area contributed by atoms with Gasteiger partial charge >= 0.3 is 6.03 Å². The fourth-order valence-corrected chi connectivity index (χ4v) is 3.99. The number of thiophene rings is 1. The Morgan fingerprint density at radius 2 is 1.83 bits per heavy atom. The van der Waals surface area contributed by atoms with Crippen molar-refractivity contribution in [3.63, 3.8) is 0 Å². The van der Waals surface area contributed by atoms with Crippen molar-refractivity contribution >= 4 is 33.4 Å². The highest BCUT2D eigenvalue weighted by atomic mass is 32.1. The summed E-state index contributed by atoms with van der Waals surface area (Å²) in [4.78, 5) is 25.0. The average molecular weight is 425 g/mol. The Morgan fingerprint density at radius 3 is 2.63 bits per heavy atom. The van der Waals surface area contributed by atoms with Crippen molar-refractivity contribution in [1.82, 2.24) is 16.0 Å². The summed E-state index contributed by atoms with van der Waals surface area (Å²) in [5, 5.41) is 19.6. The zero-order valence-corrected chi connectivity index (χ0v) is 17.0. The number of nitriles is 1. The lowest BCUT2D eigenvalue weighted by molar-refractivity contribution is -0.122. The third-order valence-electron chi connectivity index (χ3n) is 4.54. The third kappa shape index (κ3) is 5.55. The Labute approximate surface area is 177 Å². The number of amides is 3. The van der Waals surface area contributed by atoms with Crippen LogP contribution in [0.25, 0.3) is 10.1 Å². The van der Waals surface area contributed by atoms with Crippen molar-refractivity contribution in [1.29, 1.82) is 5.26 Å². The van der Waals surface area contributed by atoms with Crippen LogP contribution in [-0.2, 0) is 17.8 Å². The molecular formula is C22H21FN4O2S. The van der Waals surface area contributed by atoms with Crippen LogP contribution >= 0.6 is 11.3 Å². The second kappa shape index (κ2) is 10.4. The van der Waals surface area contributed by atoms with E-state index in [1.54, 1.807) is 29.5 Å². The van der Waals surface area contributed by atoms with E-state index in [2.05, 4.69) is 16.0 Å². The minimum Gasteiger partial charge on any atom is -0.353 e. The summed E-state index contributed by atoms with van der Waals surface area (Å²) in [6.45, 7) is 0.206. The molecule has 0 saturated carbocycles. The molecule has 0 aliphatic rings. The molecule has 1 atom stereocenters. The molecule has 3 amide bonds. The van der Waals surface area contributed by atoms with Crippen molar-refractivity contribution in [2.75, 3.05) is 6.54 Å². The molecule has 0 radical (unpaired) electrons. The van der Waals surface area contributed by atoms with Crippen LogP contribution in [0, 0.1) is 17.1 Å². The average Bonchev–Trinajstić information content (AvgIpc) is 3.16. The Bertz CT molecular complexity index is 1080. The van der Waals surface area contributed by atoms with Crippen LogP contribution in [0.4, 0.5) is 9.18 Å². The zero-order valence-electron chi connectivity index (χ0n) is 16.2. The number of benzene rings is 2. The maximum absolute atomic E-state index is 13.7. The van der Waals surface area contributed by atoms with Gasteiger partial charge in [0.15, 0.2) is 0 Å². The van der Waals surface area contributed by atoms with Gasteiger partial charge in [0.05, 0.1) is 12.5 Å². The van der Waals surface area contributed by atoms with Gasteiger partial charge in [-0.1, -0.05) is 36.4 Å². The highest BCUT2D eigenvalue weighted by molar-refractivity contribution is 7.17. The molecule has 8 heteroatoms. The number of carbonyl (C=O) groups is 2. The Morgan fingerprint density at radius 1 is 1.07 bits per heavy atom. The predicted molar refractivity (Wildman–Crippen MR) is 114 cm³/mol. The van der Waals surface area contributed by atoms with E-state index in [1.165, 1.54) is 6.07 Å². The maximum atomic E-state index is 13.7. The monoisotopic (exact) mass is 424 g/mol. The first kappa shape index (κ1) is 21.3. The summed E-state index contributed by atoms with van der Waals surface area (Å²) < 4.78 is 14.8. The molecule has 0 saturated heterocycles. The van der Waals surface area contributed by atoms with E-state index in [1.807, 2.05) is 35.7 Å². The lowest BCUT2D eigenvalue weighted by Gasteiger charge is -2.18. The Balaban J connectivity index is 1.69. The lowest BCUT2D eigenvalue weighted by Crippen LogP contribution is -2.51. The number of halogens is 1. The van der Waals surface area contributed by atoms with Crippen molar-refractivity contribution in [2.45, 2.75) is 25.4 Å². The van der Waals surface area contributed by atoms with Gasteiger partial charge in [-0.05, 0) is 28.5 Å². The van der Waals surface area contributed by atoms with E-state index in [9.17, 15) is 14.0 Å². The highest BCUT2D eigenvalue weighted by Crippen LogP contribution is 2.26. The summed E-state index contributed by atoms with van der Waals surface area (Å²) >= 11 is 1.57. The normalized spacial score (nSPS) is 11.5. The van der Waals surface area contributed by atoms with E-state index in [-0.39, 0.29) is 25.4 Å². The van der Waals surface area contributed by atoms with Gasteiger partial charge in [0.2, 0.25) is 5.91 Å². The quantitative estimate of drug-likeness (QED) is 0.483. The van der Waals surface area contributed by atoms with Crippen LogP contribution < -0.4 is 16.0 Å². The van der Waals surface area contributed by atoms with Gasteiger partial charge in [-0.3, -0.25) is 4.79 Å². The zero-order chi connectivity index (χ0) is 21.3. The number of hydrogen-bond acceptors (Lipinski definition) is 4. The molecule has 0 bridgehead atoms. The topological polar surface area (TPSA) is 94.0 Å².